The number of ether oxygens (including phenoxy) is 1. The van der Waals surface area contributed by atoms with Gasteiger partial charge in [-0.05, 0) is 24.0 Å². The van der Waals surface area contributed by atoms with Crippen LogP contribution in [0.5, 0.6) is 5.75 Å². The largest absolute Gasteiger partial charge is 0.497 e. The van der Waals surface area contributed by atoms with Crippen molar-refractivity contribution in [2.45, 2.75) is 17.6 Å². The Bertz CT molecular complexity index is 1790. The molecular formula is C23H22F3N9O3S2. The Morgan fingerprint density at radius 3 is 2.42 bits per heavy atom. The molecule has 0 aliphatic rings. The van der Waals surface area contributed by atoms with Gasteiger partial charge in [-0.25, -0.2) is 28.6 Å². The molecule has 1 aromatic carbocycles. The molecule has 0 amide bonds. The second-order valence-corrected chi connectivity index (χ2v) is 11.5. The number of nitrogens with zero attached hydrogens (tertiary/aromatic N) is 9. The van der Waals surface area contributed by atoms with Crippen molar-refractivity contribution in [1.29, 1.82) is 0 Å². The number of imidazole rings is 2. The van der Waals surface area contributed by atoms with Gasteiger partial charge in [0, 0.05) is 31.4 Å². The first kappa shape index (κ1) is 27.6. The van der Waals surface area contributed by atoms with Crippen LogP contribution in [0.3, 0.4) is 0 Å². The Balaban J connectivity index is 1.74. The summed E-state index contributed by atoms with van der Waals surface area (Å²) in [4.78, 5) is 17.6. The monoisotopic (exact) mass is 593 g/mol. The molecule has 0 fully saturated rings. The van der Waals surface area contributed by atoms with Crippen molar-refractivity contribution in [3.05, 3.63) is 60.6 Å². The van der Waals surface area contributed by atoms with Crippen LogP contribution in [-0.4, -0.2) is 78.3 Å². The molecule has 17 heteroatoms. The van der Waals surface area contributed by atoms with Gasteiger partial charge >= 0.3 is 16.4 Å². The smallest absolute Gasteiger partial charge is 0.453 e. The standard InChI is InChI=1S/C23H22F3N9O3S2/c1-32(2)40(36,37)33-12-17(28-13-33)19-18(29-22-27-9-16(39-4)11-34(19)22)20-30-21(23(24,25)26)31-35(20)10-14-5-7-15(38-3)8-6-14/h5-9,11-13H,10H2,1-4H3. The fourth-order valence-electron chi connectivity index (χ4n) is 3.82. The summed E-state index contributed by atoms with van der Waals surface area (Å²) in [6, 6.07) is 6.75. The summed E-state index contributed by atoms with van der Waals surface area (Å²) in [5.41, 5.74) is 0.952. The lowest BCUT2D eigenvalue weighted by atomic mass is 10.2. The lowest BCUT2D eigenvalue weighted by Crippen LogP contribution is -2.27. The van der Waals surface area contributed by atoms with E-state index in [1.54, 1.807) is 36.7 Å². The van der Waals surface area contributed by atoms with Crippen LogP contribution in [0.4, 0.5) is 13.2 Å². The van der Waals surface area contributed by atoms with Gasteiger partial charge in [0.25, 0.3) is 5.82 Å². The maximum Gasteiger partial charge on any atom is 0.453 e. The summed E-state index contributed by atoms with van der Waals surface area (Å²) in [7, 11) is 0.321. The minimum atomic E-state index is -4.83. The van der Waals surface area contributed by atoms with E-state index in [1.165, 1.54) is 43.6 Å². The third-order valence-electron chi connectivity index (χ3n) is 5.85. The first-order valence-electron chi connectivity index (χ1n) is 11.5. The molecule has 0 aliphatic heterocycles. The number of aromatic nitrogens is 8. The van der Waals surface area contributed by atoms with Gasteiger partial charge in [-0.15, -0.1) is 16.9 Å². The number of benzene rings is 1. The summed E-state index contributed by atoms with van der Waals surface area (Å²) in [6.45, 7) is -0.0668. The second-order valence-electron chi connectivity index (χ2n) is 8.61. The van der Waals surface area contributed by atoms with E-state index in [0.29, 0.717) is 11.3 Å². The molecule has 4 heterocycles. The fourth-order valence-corrected chi connectivity index (χ4v) is 4.96. The highest BCUT2D eigenvalue weighted by Crippen LogP contribution is 2.35. The van der Waals surface area contributed by atoms with Gasteiger partial charge in [-0.1, -0.05) is 12.1 Å². The highest BCUT2D eigenvalue weighted by Gasteiger charge is 2.38. The first-order valence-corrected chi connectivity index (χ1v) is 14.1. The topological polar surface area (TPSA) is 125 Å². The van der Waals surface area contributed by atoms with Gasteiger partial charge in [0.05, 0.1) is 19.9 Å². The number of thioether (sulfide) groups is 1. The number of fused-ring (bicyclic) bond motifs is 1. The molecule has 5 aromatic rings. The fraction of sp³-hybridized carbons (Fsp3) is 0.261. The van der Waals surface area contributed by atoms with Gasteiger partial charge in [0.1, 0.15) is 29.2 Å². The van der Waals surface area contributed by atoms with Crippen molar-refractivity contribution in [1.82, 2.24) is 42.4 Å². The molecular weight excluding hydrogens is 571 g/mol. The first-order chi connectivity index (χ1) is 18.9. The summed E-state index contributed by atoms with van der Waals surface area (Å²) in [5, 5.41) is 3.75. The molecule has 4 aromatic heterocycles. The lowest BCUT2D eigenvalue weighted by Gasteiger charge is -2.10. The number of rotatable bonds is 8. The highest BCUT2D eigenvalue weighted by molar-refractivity contribution is 7.98. The van der Waals surface area contributed by atoms with Crippen LogP contribution >= 0.6 is 11.8 Å². The van der Waals surface area contributed by atoms with Crippen molar-refractivity contribution in [2.75, 3.05) is 27.5 Å². The van der Waals surface area contributed by atoms with E-state index in [0.717, 1.165) is 24.2 Å². The molecule has 0 radical (unpaired) electrons. The Labute approximate surface area is 230 Å². The average molecular weight is 594 g/mol. The molecule has 0 atom stereocenters. The predicted octanol–water partition coefficient (Wildman–Crippen LogP) is 3.30. The van der Waals surface area contributed by atoms with Crippen molar-refractivity contribution in [3.63, 3.8) is 0 Å². The zero-order chi connectivity index (χ0) is 28.8. The molecule has 0 bridgehead atoms. The highest BCUT2D eigenvalue weighted by atomic mass is 32.2. The van der Waals surface area contributed by atoms with E-state index in [2.05, 4.69) is 25.0 Å². The molecule has 40 heavy (non-hydrogen) atoms. The third-order valence-corrected chi connectivity index (χ3v) is 8.19. The molecule has 0 saturated heterocycles. The van der Waals surface area contributed by atoms with E-state index >= 15 is 0 Å². The minimum absolute atomic E-state index is 0.00485. The van der Waals surface area contributed by atoms with Crippen LogP contribution in [0.2, 0.25) is 0 Å². The summed E-state index contributed by atoms with van der Waals surface area (Å²) < 4.78 is 76.5. The van der Waals surface area contributed by atoms with Crippen LogP contribution in [0.25, 0.3) is 28.7 Å². The van der Waals surface area contributed by atoms with Crippen LogP contribution in [0, 0.1) is 0 Å². The predicted molar refractivity (Wildman–Crippen MR) is 140 cm³/mol. The molecule has 210 valence electrons. The number of halogens is 3. The zero-order valence-corrected chi connectivity index (χ0v) is 23.2. The molecule has 0 aliphatic carbocycles. The number of hydrogen-bond donors (Lipinski definition) is 0. The van der Waals surface area contributed by atoms with E-state index in [-0.39, 0.29) is 35.2 Å². The Kier molecular flexibility index (Phi) is 7.05. The van der Waals surface area contributed by atoms with Crippen LogP contribution < -0.4 is 4.74 Å². The van der Waals surface area contributed by atoms with Crippen molar-refractivity contribution in [3.8, 4) is 28.7 Å². The number of hydrogen-bond acceptors (Lipinski definition) is 9. The molecule has 0 N–H and O–H groups in total. The molecule has 0 unspecified atom stereocenters. The van der Waals surface area contributed by atoms with Crippen LogP contribution in [-0.2, 0) is 22.9 Å². The molecule has 12 nitrogen and oxygen atoms in total. The maximum atomic E-state index is 13.8. The quantitative estimate of drug-likeness (QED) is 0.249. The number of methoxy groups -OCH3 is 1. The lowest BCUT2D eigenvalue weighted by molar-refractivity contribution is -0.144. The van der Waals surface area contributed by atoms with E-state index in [4.69, 9.17) is 4.74 Å². The van der Waals surface area contributed by atoms with Gasteiger partial charge in [0.2, 0.25) is 5.78 Å². The third kappa shape index (κ3) is 5.02. The molecule has 0 saturated carbocycles. The molecule has 0 spiro atoms. The SMILES string of the molecule is COc1ccc(Cn2nc(C(F)(F)F)nc2-c2nc3ncc(SC)cn3c2-c2cn(S(=O)(=O)N(C)C)cn2)cc1. The van der Waals surface area contributed by atoms with Crippen LogP contribution in [0.15, 0.2) is 54.1 Å². The number of alkyl halides is 3. The van der Waals surface area contributed by atoms with Gasteiger partial charge in [-0.3, -0.25) is 4.40 Å². The van der Waals surface area contributed by atoms with Crippen molar-refractivity contribution >= 4 is 27.7 Å². The Morgan fingerprint density at radius 1 is 1.07 bits per heavy atom. The van der Waals surface area contributed by atoms with E-state index in [9.17, 15) is 21.6 Å². The van der Waals surface area contributed by atoms with Crippen LogP contribution in [0.1, 0.15) is 11.4 Å². The summed E-state index contributed by atoms with van der Waals surface area (Å²) in [5.74, 6) is -0.808. The van der Waals surface area contributed by atoms with Gasteiger partial charge in [0.15, 0.2) is 5.82 Å². The zero-order valence-electron chi connectivity index (χ0n) is 21.5. The van der Waals surface area contributed by atoms with Gasteiger partial charge < -0.3 is 4.74 Å². The minimum Gasteiger partial charge on any atom is -0.497 e. The average Bonchev–Trinajstić information content (AvgIpc) is 3.65. The summed E-state index contributed by atoms with van der Waals surface area (Å²) >= 11 is 1.39. The Morgan fingerprint density at radius 2 is 1.80 bits per heavy atom. The van der Waals surface area contributed by atoms with E-state index < -0.39 is 22.2 Å². The van der Waals surface area contributed by atoms with Gasteiger partial charge in [-0.2, -0.15) is 25.9 Å². The second kappa shape index (κ2) is 10.2. The maximum absolute atomic E-state index is 13.8. The molecule has 5 rings (SSSR count). The van der Waals surface area contributed by atoms with Crippen molar-refractivity contribution < 1.29 is 26.3 Å². The summed E-state index contributed by atoms with van der Waals surface area (Å²) in [6.07, 6.45) is 2.61. The normalized spacial score (nSPS) is 12.5. The Hall–Kier alpha value is -3.96. The van der Waals surface area contributed by atoms with E-state index in [1.807, 2.05) is 6.26 Å². The van der Waals surface area contributed by atoms with Crippen molar-refractivity contribution in [2.24, 2.45) is 0 Å².